The Bertz CT molecular complexity index is 923. The van der Waals surface area contributed by atoms with Crippen LogP contribution in [0.25, 0.3) is 0 Å². The van der Waals surface area contributed by atoms with Crippen molar-refractivity contribution < 1.29 is 19.1 Å². The Hall–Kier alpha value is -3.53. The molecule has 29 heavy (non-hydrogen) atoms. The van der Waals surface area contributed by atoms with Gasteiger partial charge in [0.2, 0.25) is 11.8 Å². The topological polar surface area (TPSA) is 82.9 Å². The lowest BCUT2D eigenvalue weighted by Crippen LogP contribution is -2.37. The van der Waals surface area contributed by atoms with E-state index in [4.69, 9.17) is 14.7 Å². The quantitative estimate of drug-likeness (QED) is 0.676. The SMILES string of the molecule is COc1ccc(N2CC(C(=O)N(CC#N)Cc3ccccc3)CC2=O)cc1OC. The fourth-order valence-electron chi connectivity index (χ4n) is 3.47. The standard InChI is InChI=1S/C22H23N3O4/c1-28-19-9-8-18(13-20(19)29-2)25-15-17(12-21(25)26)22(27)24(11-10-23)14-16-6-4-3-5-7-16/h3-9,13,17H,11-12,14-15H2,1-2H3. The van der Waals surface area contributed by atoms with Crippen LogP contribution >= 0.6 is 0 Å². The first-order valence-electron chi connectivity index (χ1n) is 9.29. The van der Waals surface area contributed by atoms with Crippen LogP contribution in [0.1, 0.15) is 12.0 Å². The molecule has 1 aliphatic heterocycles. The summed E-state index contributed by atoms with van der Waals surface area (Å²) in [7, 11) is 3.08. The van der Waals surface area contributed by atoms with Gasteiger partial charge in [-0.2, -0.15) is 5.26 Å². The van der Waals surface area contributed by atoms with Gasteiger partial charge in [0.05, 0.1) is 26.2 Å². The molecule has 0 bridgehead atoms. The highest BCUT2D eigenvalue weighted by atomic mass is 16.5. The first-order chi connectivity index (χ1) is 14.1. The molecule has 1 saturated heterocycles. The summed E-state index contributed by atoms with van der Waals surface area (Å²) in [6.45, 7) is 0.590. The lowest BCUT2D eigenvalue weighted by molar-refractivity contribution is -0.135. The average Bonchev–Trinajstić information content (AvgIpc) is 3.14. The van der Waals surface area contributed by atoms with E-state index in [0.29, 0.717) is 23.7 Å². The van der Waals surface area contributed by atoms with Crippen molar-refractivity contribution >= 4 is 17.5 Å². The first kappa shape index (κ1) is 20.2. The predicted octanol–water partition coefficient (Wildman–Crippen LogP) is 2.61. The summed E-state index contributed by atoms with van der Waals surface area (Å²) in [4.78, 5) is 28.7. The van der Waals surface area contributed by atoms with Gasteiger partial charge >= 0.3 is 0 Å². The van der Waals surface area contributed by atoms with Crippen LogP contribution in [0, 0.1) is 17.2 Å². The van der Waals surface area contributed by atoms with E-state index in [9.17, 15) is 9.59 Å². The fourth-order valence-corrected chi connectivity index (χ4v) is 3.47. The summed E-state index contributed by atoms with van der Waals surface area (Å²) in [6.07, 6.45) is 0.115. The Balaban J connectivity index is 1.76. The van der Waals surface area contributed by atoms with Crippen molar-refractivity contribution in [2.24, 2.45) is 5.92 Å². The van der Waals surface area contributed by atoms with Gasteiger partial charge in [-0.1, -0.05) is 30.3 Å². The molecular formula is C22H23N3O4. The van der Waals surface area contributed by atoms with Crippen LogP contribution in [0.15, 0.2) is 48.5 Å². The Kier molecular flexibility index (Phi) is 6.35. The maximum Gasteiger partial charge on any atom is 0.229 e. The van der Waals surface area contributed by atoms with Crippen LogP contribution in [0.5, 0.6) is 11.5 Å². The molecule has 0 N–H and O–H groups in total. The van der Waals surface area contributed by atoms with E-state index in [1.54, 1.807) is 30.2 Å². The number of benzene rings is 2. The molecule has 150 valence electrons. The zero-order chi connectivity index (χ0) is 20.8. The Labute approximate surface area is 170 Å². The molecule has 1 fully saturated rings. The molecule has 2 amide bonds. The van der Waals surface area contributed by atoms with Crippen LogP contribution in [0.3, 0.4) is 0 Å². The number of nitrogens with zero attached hydrogens (tertiary/aromatic N) is 3. The van der Waals surface area contributed by atoms with Crippen LogP contribution in [-0.2, 0) is 16.1 Å². The summed E-state index contributed by atoms with van der Waals surface area (Å²) < 4.78 is 10.5. The maximum absolute atomic E-state index is 13.0. The first-order valence-corrected chi connectivity index (χ1v) is 9.29. The van der Waals surface area contributed by atoms with E-state index in [1.807, 2.05) is 30.3 Å². The lowest BCUT2D eigenvalue weighted by Gasteiger charge is -2.23. The van der Waals surface area contributed by atoms with Crippen LogP contribution in [-0.4, -0.2) is 44.0 Å². The van der Waals surface area contributed by atoms with Gasteiger partial charge in [0, 0.05) is 31.3 Å². The normalized spacial score (nSPS) is 15.7. The number of nitriles is 1. The van der Waals surface area contributed by atoms with Gasteiger partial charge in [-0.05, 0) is 17.7 Å². The largest absolute Gasteiger partial charge is 0.493 e. The van der Waals surface area contributed by atoms with Gasteiger partial charge in [-0.15, -0.1) is 0 Å². The second-order valence-electron chi connectivity index (χ2n) is 6.78. The average molecular weight is 393 g/mol. The smallest absolute Gasteiger partial charge is 0.229 e. The zero-order valence-electron chi connectivity index (χ0n) is 16.5. The molecule has 1 heterocycles. The molecule has 1 atom stereocenters. The number of anilines is 1. The molecule has 7 nitrogen and oxygen atoms in total. The minimum Gasteiger partial charge on any atom is -0.493 e. The van der Waals surface area contributed by atoms with Gasteiger partial charge in [0.15, 0.2) is 11.5 Å². The Morgan fingerprint density at radius 2 is 1.90 bits per heavy atom. The number of carbonyl (C=O) groups is 2. The van der Waals surface area contributed by atoms with Crippen molar-refractivity contribution in [2.45, 2.75) is 13.0 Å². The van der Waals surface area contributed by atoms with Crippen molar-refractivity contribution in [1.29, 1.82) is 5.26 Å². The van der Waals surface area contributed by atoms with E-state index in [1.165, 1.54) is 12.0 Å². The van der Waals surface area contributed by atoms with E-state index in [-0.39, 0.29) is 31.3 Å². The molecule has 0 spiro atoms. The van der Waals surface area contributed by atoms with Gasteiger partial charge in [0.1, 0.15) is 6.54 Å². The lowest BCUT2D eigenvalue weighted by atomic mass is 10.1. The van der Waals surface area contributed by atoms with Gasteiger partial charge in [-0.3, -0.25) is 9.59 Å². The second kappa shape index (κ2) is 9.11. The second-order valence-corrected chi connectivity index (χ2v) is 6.78. The predicted molar refractivity (Wildman–Crippen MR) is 107 cm³/mol. The highest BCUT2D eigenvalue weighted by Gasteiger charge is 2.37. The van der Waals surface area contributed by atoms with Crippen molar-refractivity contribution in [3.8, 4) is 17.6 Å². The van der Waals surface area contributed by atoms with Gasteiger partial charge in [-0.25, -0.2) is 0 Å². The van der Waals surface area contributed by atoms with E-state index in [0.717, 1.165) is 5.56 Å². The van der Waals surface area contributed by atoms with E-state index in [2.05, 4.69) is 6.07 Å². The third-order valence-electron chi connectivity index (χ3n) is 4.94. The number of carbonyl (C=O) groups excluding carboxylic acids is 2. The van der Waals surface area contributed by atoms with Gasteiger partial charge < -0.3 is 19.3 Å². The molecular weight excluding hydrogens is 370 g/mol. The third-order valence-corrected chi connectivity index (χ3v) is 4.94. The Morgan fingerprint density at radius 3 is 2.55 bits per heavy atom. The third kappa shape index (κ3) is 4.49. The zero-order valence-corrected chi connectivity index (χ0v) is 16.5. The Morgan fingerprint density at radius 1 is 1.17 bits per heavy atom. The summed E-state index contributed by atoms with van der Waals surface area (Å²) in [5, 5.41) is 9.15. The van der Waals surface area contributed by atoms with Crippen molar-refractivity contribution in [3.63, 3.8) is 0 Å². The molecule has 0 aliphatic carbocycles. The molecule has 0 radical (unpaired) electrons. The number of hydrogen-bond donors (Lipinski definition) is 0. The monoisotopic (exact) mass is 393 g/mol. The summed E-state index contributed by atoms with van der Waals surface area (Å²) in [5.74, 6) is 0.271. The van der Waals surface area contributed by atoms with Gasteiger partial charge in [0.25, 0.3) is 0 Å². The maximum atomic E-state index is 13.0. The molecule has 7 heteroatoms. The molecule has 2 aromatic rings. The van der Waals surface area contributed by atoms with Crippen molar-refractivity contribution in [2.75, 3.05) is 32.2 Å². The molecule has 0 saturated carbocycles. The number of methoxy groups -OCH3 is 2. The number of amides is 2. The van der Waals surface area contributed by atoms with Crippen molar-refractivity contribution in [3.05, 3.63) is 54.1 Å². The number of ether oxygens (including phenoxy) is 2. The van der Waals surface area contributed by atoms with Crippen LogP contribution in [0.4, 0.5) is 5.69 Å². The highest BCUT2D eigenvalue weighted by Crippen LogP contribution is 2.34. The molecule has 3 rings (SSSR count). The van der Waals surface area contributed by atoms with Crippen molar-refractivity contribution in [1.82, 2.24) is 4.90 Å². The fraction of sp³-hybridized carbons (Fsp3) is 0.318. The summed E-state index contributed by atoms with van der Waals surface area (Å²) >= 11 is 0. The molecule has 1 unspecified atom stereocenters. The number of hydrogen-bond acceptors (Lipinski definition) is 5. The molecule has 1 aliphatic rings. The highest BCUT2D eigenvalue weighted by molar-refractivity contribution is 6.00. The van der Waals surface area contributed by atoms with Crippen LogP contribution in [0.2, 0.25) is 0 Å². The molecule has 2 aromatic carbocycles. The van der Waals surface area contributed by atoms with E-state index < -0.39 is 5.92 Å². The molecule has 0 aromatic heterocycles. The number of rotatable bonds is 7. The minimum absolute atomic E-state index is 0.0191. The summed E-state index contributed by atoms with van der Waals surface area (Å²) in [6, 6.07) is 16.8. The minimum atomic E-state index is -0.493. The van der Waals surface area contributed by atoms with E-state index >= 15 is 0 Å². The summed E-state index contributed by atoms with van der Waals surface area (Å²) in [5.41, 5.74) is 1.59. The van der Waals surface area contributed by atoms with Crippen LogP contribution < -0.4 is 14.4 Å².